The highest BCUT2D eigenvalue weighted by Gasteiger charge is 2.09. The van der Waals surface area contributed by atoms with Crippen LogP contribution < -0.4 is 10.0 Å². The number of nitrogens with zero attached hydrogens (tertiary/aromatic N) is 1. The van der Waals surface area contributed by atoms with Crippen molar-refractivity contribution in [1.82, 2.24) is 9.71 Å². The number of rotatable bonds is 8. The van der Waals surface area contributed by atoms with Gasteiger partial charge in [0.2, 0.25) is 10.0 Å². The Morgan fingerprint density at radius 3 is 2.92 bits per heavy atom. The Morgan fingerprint density at radius 2 is 2.17 bits per heavy atom. The second kappa shape index (κ2) is 7.47. The van der Waals surface area contributed by atoms with Crippen molar-refractivity contribution in [2.45, 2.75) is 13.0 Å². The van der Waals surface area contributed by atoms with Crippen LogP contribution in [0.4, 0.5) is 5.13 Å². The minimum atomic E-state index is -3.13. The monoisotopic (exact) mass is 383 g/mol. The number of nitrogens with one attached hydrogen (secondary N) is 2. The van der Waals surface area contributed by atoms with E-state index in [0.29, 0.717) is 19.5 Å². The number of hydrogen-bond acceptors (Lipinski definition) is 7. The van der Waals surface area contributed by atoms with Gasteiger partial charge >= 0.3 is 0 Å². The van der Waals surface area contributed by atoms with Crippen molar-refractivity contribution in [3.63, 3.8) is 0 Å². The van der Waals surface area contributed by atoms with Crippen molar-refractivity contribution in [3.8, 4) is 10.6 Å². The first-order chi connectivity index (χ1) is 11.5. The lowest BCUT2D eigenvalue weighted by Crippen LogP contribution is -2.23. The molecule has 128 valence electrons. The molecule has 0 bridgehead atoms. The van der Waals surface area contributed by atoms with Crippen LogP contribution in [0, 0.1) is 0 Å². The van der Waals surface area contributed by atoms with Gasteiger partial charge in [-0.05, 0) is 30.7 Å². The van der Waals surface area contributed by atoms with Gasteiger partial charge in [-0.25, -0.2) is 18.1 Å². The smallest absolute Gasteiger partial charge is 0.208 e. The Balaban J connectivity index is 1.57. The van der Waals surface area contributed by atoms with Crippen LogP contribution in [0.25, 0.3) is 10.6 Å². The maximum Gasteiger partial charge on any atom is 0.208 e. The zero-order valence-electron chi connectivity index (χ0n) is 13.0. The van der Waals surface area contributed by atoms with Crippen LogP contribution in [-0.2, 0) is 23.0 Å². The third kappa shape index (κ3) is 4.91. The van der Waals surface area contributed by atoms with Gasteiger partial charge in [0, 0.05) is 16.8 Å². The quantitative estimate of drug-likeness (QED) is 0.624. The predicted octanol–water partition coefficient (Wildman–Crippen LogP) is 3.17. The fourth-order valence-electron chi connectivity index (χ4n) is 2.05. The fraction of sp³-hybridized carbons (Fsp3) is 0.267. The second-order valence-electron chi connectivity index (χ2n) is 5.15. The van der Waals surface area contributed by atoms with Gasteiger partial charge < -0.3 is 9.73 Å². The van der Waals surface area contributed by atoms with E-state index in [-0.39, 0.29) is 0 Å². The van der Waals surface area contributed by atoms with Gasteiger partial charge in [0.05, 0.1) is 29.6 Å². The van der Waals surface area contributed by atoms with Crippen LogP contribution in [0.3, 0.4) is 0 Å². The first-order valence-electron chi connectivity index (χ1n) is 7.25. The van der Waals surface area contributed by atoms with Crippen molar-refractivity contribution in [3.05, 3.63) is 46.5 Å². The van der Waals surface area contributed by atoms with Crippen LogP contribution >= 0.6 is 22.7 Å². The number of furan rings is 1. The molecule has 0 saturated carbocycles. The SMILES string of the molecule is CS(=O)(=O)NCCc1ccc(-c2csc(NCc3ccco3)n2)s1. The Labute approximate surface area is 148 Å². The highest BCUT2D eigenvalue weighted by atomic mass is 32.2. The summed E-state index contributed by atoms with van der Waals surface area (Å²) in [6, 6.07) is 7.80. The first-order valence-corrected chi connectivity index (χ1v) is 10.8. The van der Waals surface area contributed by atoms with E-state index in [0.717, 1.165) is 26.3 Å². The molecule has 0 aliphatic rings. The van der Waals surface area contributed by atoms with E-state index in [2.05, 4.69) is 15.0 Å². The summed E-state index contributed by atoms with van der Waals surface area (Å²) >= 11 is 3.18. The van der Waals surface area contributed by atoms with Crippen LogP contribution in [0.1, 0.15) is 10.6 Å². The molecule has 0 unspecified atom stereocenters. The number of thiophene rings is 1. The van der Waals surface area contributed by atoms with Crippen LogP contribution in [-0.4, -0.2) is 26.2 Å². The number of aromatic nitrogens is 1. The van der Waals surface area contributed by atoms with Gasteiger partial charge in [-0.2, -0.15) is 0 Å². The summed E-state index contributed by atoms with van der Waals surface area (Å²) in [4.78, 5) is 6.78. The number of sulfonamides is 1. The van der Waals surface area contributed by atoms with Gasteiger partial charge in [0.1, 0.15) is 5.76 Å². The van der Waals surface area contributed by atoms with E-state index in [4.69, 9.17) is 4.42 Å². The van der Waals surface area contributed by atoms with E-state index in [1.807, 2.05) is 29.6 Å². The summed E-state index contributed by atoms with van der Waals surface area (Å²) in [6.45, 7) is 1.01. The lowest BCUT2D eigenvalue weighted by atomic mass is 10.3. The maximum absolute atomic E-state index is 11.1. The van der Waals surface area contributed by atoms with Crippen molar-refractivity contribution in [1.29, 1.82) is 0 Å². The summed E-state index contributed by atoms with van der Waals surface area (Å²) in [7, 11) is -3.13. The Kier molecular flexibility index (Phi) is 5.34. The van der Waals surface area contributed by atoms with Gasteiger partial charge in [-0.15, -0.1) is 22.7 Å². The molecular formula is C15H17N3O3S3. The number of thiazole rings is 1. The van der Waals surface area contributed by atoms with Gasteiger partial charge in [-0.1, -0.05) is 0 Å². The molecule has 3 aromatic heterocycles. The molecule has 3 heterocycles. The molecule has 0 fully saturated rings. The van der Waals surface area contributed by atoms with E-state index in [9.17, 15) is 8.42 Å². The molecule has 0 amide bonds. The average Bonchev–Trinajstić information content (AvgIpc) is 3.25. The van der Waals surface area contributed by atoms with Crippen LogP contribution in [0.15, 0.2) is 40.3 Å². The van der Waals surface area contributed by atoms with E-state index in [1.165, 1.54) is 6.26 Å². The van der Waals surface area contributed by atoms with Crippen molar-refractivity contribution >= 4 is 37.8 Å². The van der Waals surface area contributed by atoms with Crippen LogP contribution in [0.2, 0.25) is 0 Å². The molecule has 0 radical (unpaired) electrons. The average molecular weight is 384 g/mol. The molecule has 3 rings (SSSR count). The summed E-state index contributed by atoms with van der Waals surface area (Å²) < 4.78 is 29.9. The summed E-state index contributed by atoms with van der Waals surface area (Å²) in [5, 5.41) is 6.09. The summed E-state index contributed by atoms with van der Waals surface area (Å²) in [5.74, 6) is 0.864. The second-order valence-corrected chi connectivity index (χ2v) is 9.01. The predicted molar refractivity (Wildman–Crippen MR) is 98.0 cm³/mol. The molecule has 0 spiro atoms. The maximum atomic E-state index is 11.1. The highest BCUT2D eigenvalue weighted by molar-refractivity contribution is 7.88. The van der Waals surface area contributed by atoms with E-state index >= 15 is 0 Å². The van der Waals surface area contributed by atoms with Gasteiger partial charge in [-0.3, -0.25) is 0 Å². The molecule has 0 atom stereocenters. The molecule has 24 heavy (non-hydrogen) atoms. The van der Waals surface area contributed by atoms with Gasteiger partial charge in [0.25, 0.3) is 0 Å². The Bertz CT molecular complexity index is 882. The van der Waals surface area contributed by atoms with Gasteiger partial charge in [0.15, 0.2) is 5.13 Å². The molecule has 3 aromatic rings. The number of anilines is 1. The standard InChI is InChI=1S/C15H17N3O3S3/c1-24(19,20)17-7-6-12-4-5-14(23-12)13-10-22-15(18-13)16-9-11-3-2-8-21-11/h2-5,8,10,17H,6-7,9H2,1H3,(H,16,18). The number of hydrogen-bond donors (Lipinski definition) is 2. The summed E-state index contributed by atoms with van der Waals surface area (Å²) in [6.07, 6.45) is 3.49. The molecule has 6 nitrogen and oxygen atoms in total. The molecule has 0 aliphatic heterocycles. The first kappa shape index (κ1) is 17.2. The fourth-order valence-corrected chi connectivity index (χ4v) is 4.28. The zero-order chi connectivity index (χ0) is 17.0. The third-order valence-corrected chi connectivity index (χ3v) is 5.84. The Hall–Kier alpha value is -1.68. The largest absolute Gasteiger partial charge is 0.467 e. The topological polar surface area (TPSA) is 84.2 Å². The van der Waals surface area contributed by atoms with Crippen molar-refractivity contribution < 1.29 is 12.8 Å². The molecular weight excluding hydrogens is 366 g/mol. The van der Waals surface area contributed by atoms with Crippen molar-refractivity contribution in [2.24, 2.45) is 0 Å². The normalized spacial score (nSPS) is 11.7. The zero-order valence-corrected chi connectivity index (χ0v) is 15.4. The van der Waals surface area contributed by atoms with Crippen LogP contribution in [0.5, 0.6) is 0 Å². The van der Waals surface area contributed by atoms with E-state index in [1.54, 1.807) is 28.9 Å². The van der Waals surface area contributed by atoms with E-state index < -0.39 is 10.0 Å². The minimum Gasteiger partial charge on any atom is -0.467 e. The molecule has 2 N–H and O–H groups in total. The molecule has 9 heteroatoms. The van der Waals surface area contributed by atoms with Crippen molar-refractivity contribution in [2.75, 3.05) is 18.1 Å². The highest BCUT2D eigenvalue weighted by Crippen LogP contribution is 2.31. The Morgan fingerprint density at radius 1 is 1.29 bits per heavy atom. The lowest BCUT2D eigenvalue weighted by Gasteiger charge is -1.99. The minimum absolute atomic E-state index is 0.409. The molecule has 0 aliphatic carbocycles. The third-order valence-electron chi connectivity index (χ3n) is 3.15. The lowest BCUT2D eigenvalue weighted by molar-refractivity contribution is 0.518. The summed E-state index contributed by atoms with van der Waals surface area (Å²) in [5.41, 5.74) is 0.925. The molecule has 0 aromatic carbocycles. The molecule has 0 saturated heterocycles.